The quantitative estimate of drug-likeness (QED) is 0.531. The molecule has 152 valence electrons. The van der Waals surface area contributed by atoms with Gasteiger partial charge in [-0.1, -0.05) is 38.1 Å². The maximum atomic E-state index is 12.2. The third kappa shape index (κ3) is 6.78. The fourth-order valence-electron chi connectivity index (χ4n) is 2.78. The normalized spacial score (nSPS) is 10.6. The number of aliphatic hydroxyl groups is 1. The molecule has 0 unspecified atom stereocenters. The van der Waals surface area contributed by atoms with Crippen LogP contribution in [0.3, 0.4) is 0 Å². The van der Waals surface area contributed by atoms with Crippen molar-refractivity contribution < 1.29 is 19.4 Å². The van der Waals surface area contributed by atoms with Crippen LogP contribution in [0.2, 0.25) is 0 Å². The van der Waals surface area contributed by atoms with Crippen molar-refractivity contribution >= 4 is 11.7 Å². The number of benzene rings is 2. The summed E-state index contributed by atoms with van der Waals surface area (Å²) in [6.07, 6.45) is 2.06. The van der Waals surface area contributed by atoms with Crippen LogP contribution in [0.5, 0.6) is 11.5 Å². The molecule has 3 N–H and O–H groups in total. The van der Waals surface area contributed by atoms with Crippen molar-refractivity contribution in [1.29, 1.82) is 0 Å². The Labute approximate surface area is 166 Å². The number of hydrogen-bond donors (Lipinski definition) is 3. The van der Waals surface area contributed by atoms with Crippen molar-refractivity contribution in [3.05, 3.63) is 53.6 Å². The number of aliphatic hydroxyl groups excluding tert-OH is 1. The second kappa shape index (κ2) is 11.2. The molecule has 0 aromatic heterocycles. The smallest absolute Gasteiger partial charge is 0.319 e. The summed E-state index contributed by atoms with van der Waals surface area (Å²) in [5.74, 6) is 1.88. The summed E-state index contributed by atoms with van der Waals surface area (Å²) < 4.78 is 11.2. The molecule has 2 aromatic rings. The van der Waals surface area contributed by atoms with Gasteiger partial charge in [0.2, 0.25) is 0 Å². The SMILES string of the molecule is COc1ccc(NC(=O)NCc2ccccc2CO)cc1OCCCC(C)C. The molecule has 0 radical (unpaired) electrons. The molecule has 2 amide bonds. The fourth-order valence-corrected chi connectivity index (χ4v) is 2.78. The van der Waals surface area contributed by atoms with Crippen molar-refractivity contribution in [2.24, 2.45) is 5.92 Å². The van der Waals surface area contributed by atoms with E-state index < -0.39 is 0 Å². The Morgan fingerprint density at radius 1 is 1.11 bits per heavy atom. The average Bonchev–Trinajstić information content (AvgIpc) is 2.70. The second-order valence-corrected chi connectivity index (χ2v) is 6.98. The van der Waals surface area contributed by atoms with Crippen LogP contribution in [0, 0.1) is 5.92 Å². The Morgan fingerprint density at radius 2 is 1.86 bits per heavy atom. The topological polar surface area (TPSA) is 79.8 Å². The lowest BCUT2D eigenvalue weighted by Gasteiger charge is -2.14. The average molecular weight is 386 g/mol. The molecule has 28 heavy (non-hydrogen) atoms. The van der Waals surface area contributed by atoms with Crippen LogP contribution in [0.15, 0.2) is 42.5 Å². The van der Waals surface area contributed by atoms with E-state index in [1.807, 2.05) is 24.3 Å². The molecule has 2 rings (SSSR count). The van der Waals surface area contributed by atoms with E-state index in [4.69, 9.17) is 9.47 Å². The van der Waals surface area contributed by atoms with Crippen molar-refractivity contribution in [3.8, 4) is 11.5 Å². The number of ether oxygens (including phenoxy) is 2. The highest BCUT2D eigenvalue weighted by Gasteiger charge is 2.09. The van der Waals surface area contributed by atoms with Crippen LogP contribution in [0.4, 0.5) is 10.5 Å². The number of amides is 2. The summed E-state index contributed by atoms with van der Waals surface area (Å²) in [6, 6.07) is 12.4. The van der Waals surface area contributed by atoms with Crippen LogP contribution in [-0.4, -0.2) is 24.9 Å². The first kappa shape index (κ1) is 21.6. The number of carbonyl (C=O) groups is 1. The van der Waals surface area contributed by atoms with Gasteiger partial charge in [0.15, 0.2) is 11.5 Å². The highest BCUT2D eigenvalue weighted by molar-refractivity contribution is 5.89. The fraction of sp³-hybridized carbons (Fsp3) is 0.409. The Kier molecular flexibility index (Phi) is 8.62. The summed E-state index contributed by atoms with van der Waals surface area (Å²) in [5, 5.41) is 15.0. The maximum Gasteiger partial charge on any atom is 0.319 e. The van der Waals surface area contributed by atoms with Crippen LogP contribution < -0.4 is 20.1 Å². The number of rotatable bonds is 10. The van der Waals surface area contributed by atoms with E-state index in [9.17, 15) is 9.90 Å². The van der Waals surface area contributed by atoms with E-state index in [0.29, 0.717) is 36.3 Å². The van der Waals surface area contributed by atoms with Crippen molar-refractivity contribution in [3.63, 3.8) is 0 Å². The van der Waals surface area contributed by atoms with E-state index in [-0.39, 0.29) is 12.6 Å². The van der Waals surface area contributed by atoms with Crippen molar-refractivity contribution in [1.82, 2.24) is 5.32 Å². The van der Waals surface area contributed by atoms with Crippen LogP contribution in [0.25, 0.3) is 0 Å². The van der Waals surface area contributed by atoms with Crippen LogP contribution in [-0.2, 0) is 13.2 Å². The van der Waals surface area contributed by atoms with Crippen molar-refractivity contribution in [2.75, 3.05) is 19.0 Å². The monoisotopic (exact) mass is 386 g/mol. The zero-order valence-electron chi connectivity index (χ0n) is 16.8. The Balaban J connectivity index is 1.93. The number of nitrogens with one attached hydrogen (secondary N) is 2. The lowest BCUT2D eigenvalue weighted by atomic mass is 10.1. The molecule has 2 aromatic carbocycles. The predicted molar refractivity (Wildman–Crippen MR) is 111 cm³/mol. The maximum absolute atomic E-state index is 12.2. The standard InChI is InChI=1S/C22H30N2O4/c1-16(2)7-6-12-28-21-13-19(10-11-20(21)27-3)24-22(26)23-14-17-8-4-5-9-18(17)15-25/h4-5,8-11,13,16,25H,6-7,12,14-15H2,1-3H3,(H2,23,24,26). The Morgan fingerprint density at radius 3 is 2.54 bits per heavy atom. The number of anilines is 1. The molecular formula is C22H30N2O4. The van der Waals surface area contributed by atoms with E-state index in [1.165, 1.54) is 0 Å². The molecule has 6 heteroatoms. The summed E-state index contributed by atoms with van der Waals surface area (Å²) in [6.45, 7) is 5.24. The van der Waals surface area contributed by atoms with Gasteiger partial charge in [-0.25, -0.2) is 4.79 Å². The Hall–Kier alpha value is -2.73. The third-order valence-electron chi connectivity index (χ3n) is 4.33. The minimum Gasteiger partial charge on any atom is -0.493 e. The number of urea groups is 1. The predicted octanol–water partition coefficient (Wildman–Crippen LogP) is 4.32. The summed E-state index contributed by atoms with van der Waals surface area (Å²) >= 11 is 0. The number of methoxy groups -OCH3 is 1. The first-order valence-electron chi connectivity index (χ1n) is 9.56. The molecule has 6 nitrogen and oxygen atoms in total. The van der Waals surface area contributed by atoms with Gasteiger partial charge in [0.25, 0.3) is 0 Å². The second-order valence-electron chi connectivity index (χ2n) is 6.98. The first-order chi connectivity index (χ1) is 13.5. The van der Waals surface area contributed by atoms with Gasteiger partial charge in [-0.2, -0.15) is 0 Å². The van der Waals surface area contributed by atoms with E-state index in [2.05, 4.69) is 24.5 Å². The van der Waals surface area contributed by atoms with Gasteiger partial charge in [0.1, 0.15) is 0 Å². The number of carbonyl (C=O) groups excluding carboxylic acids is 1. The zero-order chi connectivity index (χ0) is 20.4. The van der Waals surface area contributed by atoms with Gasteiger partial charge in [-0.15, -0.1) is 0 Å². The molecule has 0 aliphatic rings. The summed E-state index contributed by atoms with van der Waals surface area (Å²) in [7, 11) is 1.59. The lowest BCUT2D eigenvalue weighted by molar-refractivity contribution is 0.251. The van der Waals surface area contributed by atoms with Gasteiger partial charge in [-0.05, 0) is 42.0 Å². The molecule has 0 atom stereocenters. The third-order valence-corrected chi connectivity index (χ3v) is 4.33. The van der Waals surface area contributed by atoms with E-state index in [0.717, 1.165) is 24.0 Å². The van der Waals surface area contributed by atoms with Crippen LogP contribution >= 0.6 is 0 Å². The van der Waals surface area contributed by atoms with Gasteiger partial charge < -0.3 is 25.2 Å². The van der Waals surface area contributed by atoms with Gasteiger partial charge >= 0.3 is 6.03 Å². The van der Waals surface area contributed by atoms with Gasteiger partial charge in [0.05, 0.1) is 20.3 Å². The molecule has 0 fully saturated rings. The molecule has 0 aliphatic carbocycles. The molecular weight excluding hydrogens is 356 g/mol. The first-order valence-corrected chi connectivity index (χ1v) is 9.56. The largest absolute Gasteiger partial charge is 0.493 e. The van der Waals surface area contributed by atoms with Crippen molar-refractivity contribution in [2.45, 2.75) is 39.8 Å². The molecule has 0 saturated carbocycles. The van der Waals surface area contributed by atoms with Gasteiger partial charge in [0, 0.05) is 18.3 Å². The van der Waals surface area contributed by atoms with E-state index >= 15 is 0 Å². The minimum absolute atomic E-state index is 0.0601. The highest BCUT2D eigenvalue weighted by atomic mass is 16.5. The van der Waals surface area contributed by atoms with Gasteiger partial charge in [-0.3, -0.25) is 0 Å². The molecule has 0 aliphatic heterocycles. The number of hydrogen-bond acceptors (Lipinski definition) is 4. The lowest BCUT2D eigenvalue weighted by Crippen LogP contribution is -2.28. The van der Waals surface area contributed by atoms with E-state index in [1.54, 1.807) is 25.3 Å². The molecule has 0 spiro atoms. The Bertz CT molecular complexity index is 762. The summed E-state index contributed by atoms with van der Waals surface area (Å²) in [5.41, 5.74) is 2.29. The van der Waals surface area contributed by atoms with Crippen LogP contribution in [0.1, 0.15) is 37.8 Å². The zero-order valence-corrected chi connectivity index (χ0v) is 16.8. The summed E-state index contributed by atoms with van der Waals surface area (Å²) in [4.78, 5) is 12.2. The molecule has 0 heterocycles. The minimum atomic E-state index is -0.330. The molecule has 0 saturated heterocycles. The highest BCUT2D eigenvalue weighted by Crippen LogP contribution is 2.30. The molecule has 0 bridgehead atoms.